The van der Waals surface area contributed by atoms with Crippen LogP contribution in [-0.4, -0.2) is 73.3 Å². The van der Waals surface area contributed by atoms with E-state index in [2.05, 4.69) is 31.9 Å². The summed E-state index contributed by atoms with van der Waals surface area (Å²) in [5.74, 6) is -2.10. The van der Waals surface area contributed by atoms with Gasteiger partial charge < -0.3 is 37.6 Å². The molecule has 0 unspecified atom stereocenters. The van der Waals surface area contributed by atoms with Gasteiger partial charge in [0.25, 0.3) is 0 Å². The van der Waals surface area contributed by atoms with E-state index in [1.165, 1.54) is 6.92 Å². The number of hydrogen-bond donors (Lipinski definition) is 8. The molecular weight excluding hydrogens is 540 g/mol. The lowest BCUT2D eigenvalue weighted by Gasteiger charge is -2.28. The molecule has 1 aromatic carbocycles. The number of guanidine groups is 1. The molecule has 0 spiro atoms. The lowest BCUT2D eigenvalue weighted by atomic mass is 9.99. The zero-order valence-corrected chi connectivity index (χ0v) is 25.3. The summed E-state index contributed by atoms with van der Waals surface area (Å²) >= 11 is 0. The van der Waals surface area contributed by atoms with E-state index in [1.54, 1.807) is 0 Å². The third-order valence-corrected chi connectivity index (χ3v) is 6.33. The predicted molar refractivity (Wildman–Crippen MR) is 161 cm³/mol. The van der Waals surface area contributed by atoms with Gasteiger partial charge in [0, 0.05) is 26.1 Å². The number of carbonyl (C=O) groups is 5. The minimum Gasteiger partial charge on any atom is -0.370 e. The number of rotatable bonds is 18. The van der Waals surface area contributed by atoms with Crippen LogP contribution in [0.25, 0.3) is 0 Å². The van der Waals surface area contributed by atoms with Gasteiger partial charge >= 0.3 is 0 Å². The lowest BCUT2D eigenvalue weighted by Crippen LogP contribution is -2.57. The zero-order chi connectivity index (χ0) is 31.7. The minimum atomic E-state index is -0.911. The molecule has 0 aliphatic heterocycles. The maximum absolute atomic E-state index is 13.4. The first-order chi connectivity index (χ1) is 19.8. The van der Waals surface area contributed by atoms with E-state index in [0.29, 0.717) is 19.4 Å². The molecule has 0 saturated carbocycles. The molecule has 0 fully saturated rings. The number of nitrogens with two attached hydrogens (primary N) is 1. The number of carbonyl (C=O) groups excluding carboxylic acids is 5. The van der Waals surface area contributed by atoms with Crippen LogP contribution in [0.1, 0.15) is 59.4 Å². The molecule has 234 valence electrons. The Balaban J connectivity index is 2.95. The van der Waals surface area contributed by atoms with Gasteiger partial charge in [-0.3, -0.25) is 29.4 Å². The summed E-state index contributed by atoms with van der Waals surface area (Å²) in [6.07, 6.45) is 1.15. The first kappa shape index (κ1) is 35.9. The highest BCUT2D eigenvalue weighted by Gasteiger charge is 2.29. The molecule has 5 amide bonds. The van der Waals surface area contributed by atoms with Crippen molar-refractivity contribution in [2.45, 2.75) is 78.4 Å². The van der Waals surface area contributed by atoms with Crippen LogP contribution in [0.5, 0.6) is 0 Å². The predicted octanol–water partition coefficient (Wildman–Crippen LogP) is -0.0988. The Morgan fingerprint density at radius 3 is 2.05 bits per heavy atom. The quantitative estimate of drug-likeness (QED) is 0.0663. The average Bonchev–Trinajstić information content (AvgIpc) is 2.90. The molecule has 0 aliphatic rings. The molecular formula is C29H48N8O5. The van der Waals surface area contributed by atoms with E-state index < -0.39 is 29.9 Å². The Hall–Kier alpha value is -4.16. The van der Waals surface area contributed by atoms with Gasteiger partial charge in [-0.05, 0) is 36.7 Å². The van der Waals surface area contributed by atoms with Crippen LogP contribution in [0.3, 0.4) is 0 Å². The van der Waals surface area contributed by atoms with E-state index in [0.717, 1.165) is 5.56 Å². The second kappa shape index (κ2) is 19.1. The zero-order valence-electron chi connectivity index (χ0n) is 25.3. The fourth-order valence-corrected chi connectivity index (χ4v) is 4.03. The van der Waals surface area contributed by atoms with Crippen LogP contribution in [0, 0.1) is 17.2 Å². The van der Waals surface area contributed by atoms with Crippen molar-refractivity contribution < 1.29 is 24.0 Å². The Labute approximate surface area is 248 Å². The van der Waals surface area contributed by atoms with Crippen LogP contribution < -0.4 is 37.6 Å². The van der Waals surface area contributed by atoms with Gasteiger partial charge in [-0.2, -0.15) is 0 Å². The molecule has 0 aliphatic carbocycles. The smallest absolute Gasteiger partial charge is 0.243 e. The maximum atomic E-state index is 13.4. The van der Waals surface area contributed by atoms with Crippen molar-refractivity contribution in [3.8, 4) is 0 Å². The largest absolute Gasteiger partial charge is 0.370 e. The van der Waals surface area contributed by atoms with E-state index in [4.69, 9.17) is 11.1 Å². The van der Waals surface area contributed by atoms with E-state index in [9.17, 15) is 24.0 Å². The van der Waals surface area contributed by atoms with Crippen LogP contribution in [-0.2, 0) is 30.4 Å². The van der Waals surface area contributed by atoms with Gasteiger partial charge in [0.1, 0.15) is 12.1 Å². The van der Waals surface area contributed by atoms with Crippen molar-refractivity contribution in [1.82, 2.24) is 31.9 Å². The third-order valence-electron chi connectivity index (χ3n) is 6.33. The highest BCUT2D eigenvalue weighted by Crippen LogP contribution is 2.09. The standard InChI is InChI=1S/C29H48N8O5/c1-18(2)14-23(28(42)37-24(19(3)4)16-34-26(40)17-33-20(5)38)36-27(41)22(12-9-13-32-29(30)31)35-25(39)15-21-10-7-6-8-11-21/h6-8,10-11,18-19,22-24H,9,12-17H2,1-5H3,(H,33,38)(H,34,40)(H,35,39)(H,36,41)(H,37,42)(H4,30,31,32)/t22-,23-,24+/m0/s1. The van der Waals surface area contributed by atoms with Crippen molar-refractivity contribution >= 4 is 35.5 Å². The summed E-state index contributed by atoms with van der Waals surface area (Å²) in [5, 5.41) is 23.7. The number of hydrogen-bond acceptors (Lipinski definition) is 6. The molecule has 0 saturated heterocycles. The summed E-state index contributed by atoms with van der Waals surface area (Å²) in [7, 11) is 0. The van der Waals surface area contributed by atoms with Gasteiger partial charge in [0.05, 0.1) is 13.0 Å². The SMILES string of the molecule is CC(=O)NCC(=O)NC[C@@H](NC(=O)[C@H](CC(C)C)NC(=O)[C@H](CCCNC(=N)N)NC(=O)Cc1ccccc1)C(C)C. The average molecular weight is 589 g/mol. The number of nitrogens with one attached hydrogen (secondary N) is 7. The first-order valence-corrected chi connectivity index (χ1v) is 14.3. The van der Waals surface area contributed by atoms with Crippen LogP contribution in [0.2, 0.25) is 0 Å². The molecule has 3 atom stereocenters. The van der Waals surface area contributed by atoms with E-state index >= 15 is 0 Å². The molecule has 9 N–H and O–H groups in total. The van der Waals surface area contributed by atoms with Crippen molar-refractivity contribution in [2.75, 3.05) is 19.6 Å². The Kier molecular flexibility index (Phi) is 16.3. The van der Waals surface area contributed by atoms with E-state index in [1.807, 2.05) is 58.0 Å². The van der Waals surface area contributed by atoms with Crippen molar-refractivity contribution in [2.24, 2.45) is 17.6 Å². The van der Waals surface area contributed by atoms with Gasteiger partial charge in [-0.1, -0.05) is 58.0 Å². The van der Waals surface area contributed by atoms with Gasteiger partial charge in [0.15, 0.2) is 5.96 Å². The number of benzene rings is 1. The second-order valence-corrected chi connectivity index (χ2v) is 11.0. The fraction of sp³-hybridized carbons (Fsp3) is 0.586. The third kappa shape index (κ3) is 15.6. The first-order valence-electron chi connectivity index (χ1n) is 14.3. The van der Waals surface area contributed by atoms with Gasteiger partial charge in [-0.25, -0.2) is 0 Å². The second-order valence-electron chi connectivity index (χ2n) is 11.0. The molecule has 0 heterocycles. The van der Waals surface area contributed by atoms with Crippen molar-refractivity contribution in [3.63, 3.8) is 0 Å². The fourth-order valence-electron chi connectivity index (χ4n) is 4.03. The topological polar surface area (TPSA) is 207 Å². The van der Waals surface area contributed by atoms with E-state index in [-0.39, 0.29) is 61.4 Å². The minimum absolute atomic E-state index is 0.0378. The molecule has 1 aromatic rings. The molecule has 42 heavy (non-hydrogen) atoms. The Morgan fingerprint density at radius 2 is 1.48 bits per heavy atom. The molecule has 0 bridgehead atoms. The molecule has 13 heteroatoms. The molecule has 0 aromatic heterocycles. The van der Waals surface area contributed by atoms with Crippen molar-refractivity contribution in [3.05, 3.63) is 35.9 Å². The lowest BCUT2D eigenvalue weighted by molar-refractivity contribution is -0.132. The highest BCUT2D eigenvalue weighted by atomic mass is 16.2. The molecule has 0 radical (unpaired) electrons. The van der Waals surface area contributed by atoms with Crippen LogP contribution in [0.15, 0.2) is 30.3 Å². The summed E-state index contributed by atoms with van der Waals surface area (Å²) in [5.41, 5.74) is 6.15. The van der Waals surface area contributed by atoms with Crippen LogP contribution in [0.4, 0.5) is 0 Å². The van der Waals surface area contributed by atoms with Gasteiger partial charge in [-0.15, -0.1) is 0 Å². The monoisotopic (exact) mass is 588 g/mol. The Bertz CT molecular complexity index is 1050. The van der Waals surface area contributed by atoms with Crippen LogP contribution >= 0.6 is 0 Å². The summed E-state index contributed by atoms with van der Waals surface area (Å²) in [6, 6.07) is 6.93. The molecule has 1 rings (SSSR count). The summed E-state index contributed by atoms with van der Waals surface area (Å²) in [6.45, 7) is 9.29. The van der Waals surface area contributed by atoms with Gasteiger partial charge in [0.2, 0.25) is 29.5 Å². The highest BCUT2D eigenvalue weighted by molar-refractivity contribution is 5.92. The number of amides is 5. The van der Waals surface area contributed by atoms with Crippen molar-refractivity contribution in [1.29, 1.82) is 5.41 Å². The summed E-state index contributed by atoms with van der Waals surface area (Å²) < 4.78 is 0. The Morgan fingerprint density at radius 1 is 0.833 bits per heavy atom. The maximum Gasteiger partial charge on any atom is 0.243 e. The normalized spacial score (nSPS) is 12.9. The molecule has 13 nitrogen and oxygen atoms in total. The summed E-state index contributed by atoms with van der Waals surface area (Å²) in [4.78, 5) is 62.7.